The third-order valence-electron chi connectivity index (χ3n) is 4.99. The number of Topliss-reactive ketones (excluding diaryl/α,β-unsaturated/α-hetero) is 1. The second kappa shape index (κ2) is 7.61. The summed E-state index contributed by atoms with van der Waals surface area (Å²) < 4.78 is 5.49. The van der Waals surface area contributed by atoms with E-state index >= 15 is 0 Å². The lowest BCUT2D eigenvalue weighted by atomic mass is 9.88. The highest BCUT2D eigenvalue weighted by Gasteiger charge is 2.20. The minimum Gasteiger partial charge on any atom is -0.469 e. The van der Waals surface area contributed by atoms with Crippen molar-refractivity contribution in [3.8, 4) is 11.1 Å². The molecule has 0 N–H and O–H groups in total. The van der Waals surface area contributed by atoms with Crippen molar-refractivity contribution in [2.45, 2.75) is 26.7 Å². The monoisotopic (exact) mass is 389 g/mol. The van der Waals surface area contributed by atoms with Crippen LogP contribution in [0, 0.1) is 6.92 Å². The first kappa shape index (κ1) is 18.5. The van der Waals surface area contributed by atoms with Crippen LogP contribution in [-0.4, -0.2) is 10.8 Å². The van der Waals surface area contributed by atoms with Gasteiger partial charge in [-0.15, -0.1) is 0 Å². The van der Waals surface area contributed by atoms with Gasteiger partial charge in [-0.25, -0.2) is 0 Å². The molecular formula is C24H20ClNO2. The van der Waals surface area contributed by atoms with E-state index in [4.69, 9.17) is 16.0 Å². The number of nitrogens with zero attached hydrogens (tertiary/aromatic N) is 1. The number of benzene rings is 2. The van der Waals surface area contributed by atoms with Crippen LogP contribution in [-0.2, 0) is 12.8 Å². The largest absolute Gasteiger partial charge is 0.469 e. The summed E-state index contributed by atoms with van der Waals surface area (Å²) in [6.07, 6.45) is 3.31. The lowest BCUT2D eigenvalue weighted by molar-refractivity contribution is 0.101. The third-order valence-corrected chi connectivity index (χ3v) is 5.22. The molecule has 2 aromatic heterocycles. The van der Waals surface area contributed by atoms with Crippen LogP contribution in [0.1, 0.15) is 34.3 Å². The minimum absolute atomic E-state index is 0.0117. The summed E-state index contributed by atoms with van der Waals surface area (Å²) in [6.45, 7) is 3.48. The second-order valence-corrected chi connectivity index (χ2v) is 7.34. The van der Waals surface area contributed by atoms with Gasteiger partial charge >= 0.3 is 0 Å². The maximum absolute atomic E-state index is 12.5. The van der Waals surface area contributed by atoms with Gasteiger partial charge in [-0.05, 0) is 55.7 Å². The molecule has 0 radical (unpaired) electrons. The van der Waals surface area contributed by atoms with E-state index in [1.165, 1.54) is 5.56 Å². The molecule has 0 aliphatic rings. The minimum atomic E-state index is 0.0117. The van der Waals surface area contributed by atoms with Crippen LogP contribution in [0.2, 0.25) is 5.02 Å². The molecule has 0 amide bonds. The average molecular weight is 390 g/mol. The van der Waals surface area contributed by atoms with Crippen molar-refractivity contribution in [3.63, 3.8) is 0 Å². The van der Waals surface area contributed by atoms with Crippen LogP contribution in [0.15, 0.2) is 65.3 Å². The molecule has 2 heterocycles. The lowest BCUT2D eigenvalue weighted by Gasteiger charge is -2.17. The van der Waals surface area contributed by atoms with Crippen molar-refractivity contribution in [1.29, 1.82) is 0 Å². The van der Waals surface area contributed by atoms with E-state index in [1.807, 2.05) is 49.4 Å². The molecular weight excluding hydrogens is 370 g/mol. The summed E-state index contributed by atoms with van der Waals surface area (Å²) in [5.74, 6) is 0.960. The predicted molar refractivity (Wildman–Crippen MR) is 113 cm³/mol. The van der Waals surface area contributed by atoms with Gasteiger partial charge in [-0.3, -0.25) is 9.78 Å². The van der Waals surface area contributed by atoms with Gasteiger partial charge in [0.1, 0.15) is 5.76 Å². The Morgan fingerprint density at radius 3 is 2.64 bits per heavy atom. The first-order chi connectivity index (χ1) is 13.5. The maximum atomic E-state index is 12.5. The molecule has 0 atom stereocenters. The van der Waals surface area contributed by atoms with E-state index in [2.05, 4.69) is 17.1 Å². The molecule has 28 heavy (non-hydrogen) atoms. The van der Waals surface area contributed by atoms with Gasteiger partial charge in [0.25, 0.3) is 0 Å². The van der Waals surface area contributed by atoms with Crippen LogP contribution in [0.25, 0.3) is 22.0 Å². The number of furan rings is 1. The smallest absolute Gasteiger partial charge is 0.162 e. The number of aryl methyl sites for hydroxylation is 3. The van der Waals surface area contributed by atoms with Gasteiger partial charge in [0, 0.05) is 33.7 Å². The Balaban J connectivity index is 1.93. The zero-order valence-electron chi connectivity index (χ0n) is 15.8. The van der Waals surface area contributed by atoms with Gasteiger partial charge in [-0.1, -0.05) is 41.9 Å². The van der Waals surface area contributed by atoms with Gasteiger partial charge in [-0.2, -0.15) is 0 Å². The molecule has 0 spiro atoms. The van der Waals surface area contributed by atoms with Crippen molar-refractivity contribution >= 4 is 28.3 Å². The SMILES string of the molecule is CC(=O)c1c(C)nc2cc(Cl)ccc2c1-c1ccccc1CCc1ccco1. The van der Waals surface area contributed by atoms with Gasteiger partial charge in [0.2, 0.25) is 0 Å². The Labute approximate surface area is 169 Å². The van der Waals surface area contributed by atoms with Crippen LogP contribution in [0.3, 0.4) is 0 Å². The van der Waals surface area contributed by atoms with Crippen molar-refractivity contribution in [2.24, 2.45) is 0 Å². The molecule has 0 aliphatic carbocycles. The molecule has 140 valence electrons. The average Bonchev–Trinajstić information content (AvgIpc) is 3.18. The Kier molecular flexibility index (Phi) is 5.01. The Bertz CT molecular complexity index is 1160. The zero-order valence-corrected chi connectivity index (χ0v) is 16.6. The van der Waals surface area contributed by atoms with Crippen molar-refractivity contribution < 1.29 is 9.21 Å². The fraction of sp³-hybridized carbons (Fsp3) is 0.167. The Morgan fingerprint density at radius 2 is 1.89 bits per heavy atom. The number of hydrogen-bond donors (Lipinski definition) is 0. The molecule has 0 unspecified atom stereocenters. The number of carbonyl (C=O) groups is 1. The van der Waals surface area contributed by atoms with E-state index < -0.39 is 0 Å². The molecule has 4 aromatic rings. The molecule has 0 bridgehead atoms. The zero-order chi connectivity index (χ0) is 19.7. The van der Waals surface area contributed by atoms with E-state index in [1.54, 1.807) is 13.2 Å². The van der Waals surface area contributed by atoms with E-state index in [9.17, 15) is 4.79 Å². The molecule has 0 aliphatic heterocycles. The van der Waals surface area contributed by atoms with E-state index in [0.29, 0.717) is 10.6 Å². The van der Waals surface area contributed by atoms with Gasteiger partial charge < -0.3 is 4.42 Å². The number of fused-ring (bicyclic) bond motifs is 1. The standard InChI is InChI=1S/C24H20ClNO2/c1-15-23(16(2)27)24(21-12-10-18(25)14-22(21)26-15)20-8-4-3-6-17(20)9-11-19-7-5-13-28-19/h3-8,10,12-14H,9,11H2,1-2H3. The van der Waals surface area contributed by atoms with Crippen LogP contribution < -0.4 is 0 Å². The summed E-state index contributed by atoms with van der Waals surface area (Å²) in [6, 6.07) is 17.8. The van der Waals surface area contributed by atoms with Crippen molar-refractivity contribution in [2.75, 3.05) is 0 Å². The molecule has 0 saturated carbocycles. The molecule has 4 rings (SSSR count). The third kappa shape index (κ3) is 3.46. The number of ketones is 1. The number of hydrogen-bond acceptors (Lipinski definition) is 3. The summed E-state index contributed by atoms with van der Waals surface area (Å²) >= 11 is 6.19. The van der Waals surface area contributed by atoms with E-state index in [-0.39, 0.29) is 5.78 Å². The number of halogens is 1. The first-order valence-corrected chi connectivity index (χ1v) is 9.64. The predicted octanol–water partition coefficient (Wildman–Crippen LogP) is 6.44. The van der Waals surface area contributed by atoms with Gasteiger partial charge in [0.05, 0.1) is 11.8 Å². The summed E-state index contributed by atoms with van der Waals surface area (Å²) in [7, 11) is 0. The van der Waals surface area contributed by atoms with Crippen LogP contribution >= 0.6 is 11.6 Å². The topological polar surface area (TPSA) is 43.1 Å². The quantitative estimate of drug-likeness (QED) is 0.368. The van der Waals surface area contributed by atoms with Crippen molar-refractivity contribution in [3.05, 3.63) is 88.5 Å². The highest BCUT2D eigenvalue weighted by atomic mass is 35.5. The van der Waals surface area contributed by atoms with Crippen LogP contribution in [0.5, 0.6) is 0 Å². The Morgan fingerprint density at radius 1 is 1.07 bits per heavy atom. The number of carbonyl (C=O) groups excluding carboxylic acids is 1. The molecule has 4 heteroatoms. The fourth-order valence-electron chi connectivity index (χ4n) is 3.77. The fourth-order valence-corrected chi connectivity index (χ4v) is 3.93. The van der Waals surface area contributed by atoms with Gasteiger partial charge in [0.15, 0.2) is 5.78 Å². The molecule has 0 fully saturated rings. The Hall–Kier alpha value is -2.91. The maximum Gasteiger partial charge on any atom is 0.162 e. The molecule has 2 aromatic carbocycles. The normalized spacial score (nSPS) is 11.1. The molecule has 3 nitrogen and oxygen atoms in total. The van der Waals surface area contributed by atoms with Crippen molar-refractivity contribution in [1.82, 2.24) is 4.98 Å². The second-order valence-electron chi connectivity index (χ2n) is 6.90. The number of aromatic nitrogens is 1. The summed E-state index contributed by atoms with van der Waals surface area (Å²) in [5, 5.41) is 1.57. The summed E-state index contributed by atoms with van der Waals surface area (Å²) in [4.78, 5) is 17.2. The van der Waals surface area contributed by atoms with Crippen LogP contribution in [0.4, 0.5) is 0 Å². The highest BCUT2D eigenvalue weighted by molar-refractivity contribution is 6.31. The first-order valence-electron chi connectivity index (χ1n) is 9.26. The lowest BCUT2D eigenvalue weighted by Crippen LogP contribution is -2.05. The summed E-state index contributed by atoms with van der Waals surface area (Å²) in [5.41, 5.74) is 5.34. The number of rotatable bonds is 5. The molecule has 0 saturated heterocycles. The number of pyridine rings is 1. The van der Waals surface area contributed by atoms with E-state index in [0.717, 1.165) is 46.3 Å². The highest BCUT2D eigenvalue weighted by Crippen LogP contribution is 2.36.